The highest BCUT2D eigenvalue weighted by Crippen LogP contribution is 2.25. The molecule has 2 unspecified atom stereocenters. The molecule has 1 saturated heterocycles. The standard InChI is InChI=1S/C13H18N2O/c1-2-9-5-3-4-6-10(9)13-11(14)7-8-12(16)15-13/h3-6,11,13H,2,7-8,14H2,1H3,(H,15,16). The predicted octanol–water partition coefficient (Wildman–Crippen LogP) is 1.53. The highest BCUT2D eigenvalue weighted by Gasteiger charge is 2.27. The van der Waals surface area contributed by atoms with Crippen molar-refractivity contribution >= 4 is 5.91 Å². The third kappa shape index (κ3) is 2.09. The number of nitrogens with two attached hydrogens (primary N) is 1. The highest BCUT2D eigenvalue weighted by molar-refractivity contribution is 5.77. The topological polar surface area (TPSA) is 55.1 Å². The molecule has 1 aromatic carbocycles. The lowest BCUT2D eigenvalue weighted by Gasteiger charge is -2.31. The Balaban J connectivity index is 2.30. The Morgan fingerprint density at radius 3 is 2.94 bits per heavy atom. The zero-order valence-corrected chi connectivity index (χ0v) is 9.57. The van der Waals surface area contributed by atoms with Crippen molar-refractivity contribution < 1.29 is 4.79 Å². The van der Waals surface area contributed by atoms with Crippen LogP contribution in [0.15, 0.2) is 24.3 Å². The van der Waals surface area contributed by atoms with E-state index >= 15 is 0 Å². The Bertz CT molecular complexity index is 389. The molecule has 2 rings (SSSR count). The lowest BCUT2D eigenvalue weighted by molar-refractivity contribution is -0.123. The first-order valence-electron chi connectivity index (χ1n) is 5.85. The van der Waals surface area contributed by atoms with Gasteiger partial charge in [-0.3, -0.25) is 4.79 Å². The number of rotatable bonds is 2. The van der Waals surface area contributed by atoms with E-state index in [1.165, 1.54) is 11.1 Å². The summed E-state index contributed by atoms with van der Waals surface area (Å²) in [5, 5.41) is 2.99. The van der Waals surface area contributed by atoms with Gasteiger partial charge in [-0.25, -0.2) is 0 Å². The van der Waals surface area contributed by atoms with Crippen molar-refractivity contribution in [2.75, 3.05) is 0 Å². The van der Waals surface area contributed by atoms with E-state index in [-0.39, 0.29) is 18.0 Å². The van der Waals surface area contributed by atoms with Crippen molar-refractivity contribution in [1.29, 1.82) is 0 Å². The van der Waals surface area contributed by atoms with Crippen LogP contribution in [0.5, 0.6) is 0 Å². The number of nitrogens with one attached hydrogen (secondary N) is 1. The van der Waals surface area contributed by atoms with E-state index in [0.717, 1.165) is 12.8 Å². The Morgan fingerprint density at radius 2 is 2.19 bits per heavy atom. The van der Waals surface area contributed by atoms with E-state index in [1.807, 2.05) is 12.1 Å². The lowest BCUT2D eigenvalue weighted by atomic mass is 9.89. The Labute approximate surface area is 96.0 Å². The maximum absolute atomic E-state index is 11.4. The van der Waals surface area contributed by atoms with E-state index in [9.17, 15) is 4.79 Å². The number of carbonyl (C=O) groups excluding carboxylic acids is 1. The van der Waals surface area contributed by atoms with Crippen LogP contribution in [0.25, 0.3) is 0 Å². The number of carbonyl (C=O) groups is 1. The lowest BCUT2D eigenvalue weighted by Crippen LogP contribution is -2.46. The summed E-state index contributed by atoms with van der Waals surface area (Å²) in [5.41, 5.74) is 8.52. The first kappa shape index (κ1) is 11.1. The van der Waals surface area contributed by atoms with Crippen molar-refractivity contribution in [2.45, 2.75) is 38.3 Å². The molecule has 0 saturated carbocycles. The van der Waals surface area contributed by atoms with Gasteiger partial charge in [-0.2, -0.15) is 0 Å². The number of piperidine rings is 1. The van der Waals surface area contributed by atoms with Gasteiger partial charge < -0.3 is 11.1 Å². The monoisotopic (exact) mass is 218 g/mol. The van der Waals surface area contributed by atoms with Gasteiger partial charge in [0.1, 0.15) is 0 Å². The first-order valence-corrected chi connectivity index (χ1v) is 5.85. The molecule has 0 aromatic heterocycles. The van der Waals surface area contributed by atoms with E-state index in [0.29, 0.717) is 6.42 Å². The minimum absolute atomic E-state index is 0.0163. The summed E-state index contributed by atoms with van der Waals surface area (Å²) in [6.45, 7) is 2.12. The molecule has 1 aromatic rings. The smallest absolute Gasteiger partial charge is 0.220 e. The molecule has 2 atom stereocenters. The third-order valence-electron chi connectivity index (χ3n) is 3.22. The van der Waals surface area contributed by atoms with Crippen LogP contribution in [0.1, 0.15) is 36.9 Å². The third-order valence-corrected chi connectivity index (χ3v) is 3.22. The van der Waals surface area contributed by atoms with Crippen LogP contribution in [0.4, 0.5) is 0 Å². The molecule has 0 spiro atoms. The molecule has 0 radical (unpaired) electrons. The average Bonchev–Trinajstić information content (AvgIpc) is 2.32. The molecular formula is C13H18N2O. The summed E-state index contributed by atoms with van der Waals surface area (Å²) >= 11 is 0. The maximum atomic E-state index is 11.4. The summed E-state index contributed by atoms with van der Waals surface area (Å²) in [4.78, 5) is 11.4. The molecule has 86 valence electrons. The Hall–Kier alpha value is -1.35. The molecule has 3 nitrogen and oxygen atoms in total. The first-order chi connectivity index (χ1) is 7.72. The fraction of sp³-hybridized carbons (Fsp3) is 0.462. The fourth-order valence-corrected chi connectivity index (χ4v) is 2.29. The molecule has 1 aliphatic heterocycles. The van der Waals surface area contributed by atoms with Gasteiger partial charge in [0.25, 0.3) is 0 Å². The van der Waals surface area contributed by atoms with Crippen LogP contribution in [0.3, 0.4) is 0 Å². The zero-order chi connectivity index (χ0) is 11.5. The zero-order valence-electron chi connectivity index (χ0n) is 9.57. The molecule has 0 bridgehead atoms. The molecule has 1 heterocycles. The molecular weight excluding hydrogens is 200 g/mol. The van der Waals surface area contributed by atoms with Gasteiger partial charge in [0, 0.05) is 12.5 Å². The molecule has 0 aliphatic carbocycles. The van der Waals surface area contributed by atoms with Gasteiger partial charge in [-0.1, -0.05) is 31.2 Å². The van der Waals surface area contributed by atoms with Crippen molar-refractivity contribution in [2.24, 2.45) is 5.73 Å². The van der Waals surface area contributed by atoms with Gasteiger partial charge in [0.15, 0.2) is 0 Å². The molecule has 3 heteroatoms. The number of amides is 1. The maximum Gasteiger partial charge on any atom is 0.220 e. The van der Waals surface area contributed by atoms with Gasteiger partial charge in [0.2, 0.25) is 5.91 Å². The van der Waals surface area contributed by atoms with Crippen LogP contribution in [-0.2, 0) is 11.2 Å². The van der Waals surface area contributed by atoms with Crippen molar-refractivity contribution in [1.82, 2.24) is 5.32 Å². The van der Waals surface area contributed by atoms with E-state index < -0.39 is 0 Å². The predicted molar refractivity (Wildman–Crippen MR) is 63.9 cm³/mol. The summed E-state index contributed by atoms with van der Waals surface area (Å²) < 4.78 is 0. The summed E-state index contributed by atoms with van der Waals surface area (Å²) in [6.07, 6.45) is 2.29. The van der Waals surface area contributed by atoms with Crippen molar-refractivity contribution in [3.63, 3.8) is 0 Å². The SMILES string of the molecule is CCc1ccccc1C1NC(=O)CCC1N. The average molecular weight is 218 g/mol. The minimum Gasteiger partial charge on any atom is -0.348 e. The summed E-state index contributed by atoms with van der Waals surface area (Å²) in [7, 11) is 0. The second-order valence-corrected chi connectivity index (χ2v) is 4.30. The molecule has 1 aliphatic rings. The summed E-state index contributed by atoms with van der Waals surface area (Å²) in [6, 6.07) is 8.21. The van der Waals surface area contributed by atoms with E-state index in [1.54, 1.807) is 0 Å². The summed E-state index contributed by atoms with van der Waals surface area (Å²) in [5.74, 6) is 0.109. The van der Waals surface area contributed by atoms with Gasteiger partial charge in [-0.05, 0) is 24.0 Å². The van der Waals surface area contributed by atoms with Crippen LogP contribution in [-0.4, -0.2) is 11.9 Å². The molecule has 3 N–H and O–H groups in total. The van der Waals surface area contributed by atoms with E-state index in [2.05, 4.69) is 24.4 Å². The minimum atomic E-state index is -0.0163. The molecule has 1 amide bonds. The Kier molecular flexibility index (Phi) is 3.25. The fourth-order valence-electron chi connectivity index (χ4n) is 2.29. The normalized spacial score (nSPS) is 25.2. The van der Waals surface area contributed by atoms with Crippen LogP contribution < -0.4 is 11.1 Å². The van der Waals surface area contributed by atoms with E-state index in [4.69, 9.17) is 5.73 Å². The number of hydrogen-bond acceptors (Lipinski definition) is 2. The highest BCUT2D eigenvalue weighted by atomic mass is 16.1. The number of hydrogen-bond donors (Lipinski definition) is 2. The number of benzene rings is 1. The van der Waals surface area contributed by atoms with Crippen molar-refractivity contribution in [3.05, 3.63) is 35.4 Å². The van der Waals surface area contributed by atoms with Crippen LogP contribution >= 0.6 is 0 Å². The largest absolute Gasteiger partial charge is 0.348 e. The quantitative estimate of drug-likeness (QED) is 0.791. The molecule has 1 fully saturated rings. The van der Waals surface area contributed by atoms with Gasteiger partial charge in [0.05, 0.1) is 6.04 Å². The Morgan fingerprint density at radius 1 is 1.44 bits per heavy atom. The molecule has 16 heavy (non-hydrogen) atoms. The van der Waals surface area contributed by atoms with Crippen molar-refractivity contribution in [3.8, 4) is 0 Å². The van der Waals surface area contributed by atoms with Gasteiger partial charge >= 0.3 is 0 Å². The van der Waals surface area contributed by atoms with Crippen LogP contribution in [0, 0.1) is 0 Å². The van der Waals surface area contributed by atoms with Gasteiger partial charge in [-0.15, -0.1) is 0 Å². The van der Waals surface area contributed by atoms with Crippen LogP contribution in [0.2, 0.25) is 0 Å². The number of aryl methyl sites for hydroxylation is 1. The second kappa shape index (κ2) is 4.66. The second-order valence-electron chi connectivity index (χ2n) is 4.30.